The highest BCUT2D eigenvalue weighted by Gasteiger charge is 2.39. The van der Waals surface area contributed by atoms with Crippen molar-refractivity contribution >= 4 is 271 Å². The molecule has 0 amide bonds. The second kappa shape index (κ2) is 31.3. The van der Waals surface area contributed by atoms with Gasteiger partial charge in [-0.2, -0.15) is 0 Å². The van der Waals surface area contributed by atoms with Crippen LogP contribution in [0.5, 0.6) is 0 Å². The molecule has 0 aliphatic rings. The molecular formula is C122H76N9O3P3. The van der Waals surface area contributed by atoms with Crippen LogP contribution in [0.3, 0.4) is 0 Å². The molecule has 12 nitrogen and oxygen atoms in total. The molecule has 0 aliphatic carbocycles. The summed E-state index contributed by atoms with van der Waals surface area (Å²) in [5.74, 6) is 0. The lowest BCUT2D eigenvalue weighted by Gasteiger charge is -2.23. The highest BCUT2D eigenvalue weighted by Crippen LogP contribution is 2.53. The SMILES string of the molecule is O=P(c1ccc2ccccc2c1)(c1ccc2ccc3ccccc3c2c1)c1cccc2c1ccc1c3ccccc3n3c4ccccc4nc3c21.O=P(c1ccccc1)(c1ncc2ccccc2n1)c1cc2ccccc2c2c1c1ccccc1n1c3ccccc3nc21.O=P(c1ccncc1)(c1ccc2ccccc2c1)c1cc2c3ccccc3n3c4ccccc4nc3c2c2ccccc12. The van der Waals surface area contributed by atoms with Crippen molar-refractivity contribution in [3.05, 3.63) is 461 Å². The number of hydrogen-bond donors (Lipinski definition) is 0. The summed E-state index contributed by atoms with van der Waals surface area (Å²) in [4.78, 5) is 29.7. The zero-order valence-corrected chi connectivity index (χ0v) is 76.2. The molecule has 15 heteroatoms. The van der Waals surface area contributed by atoms with Crippen LogP contribution < -0.4 is 48.0 Å². The third kappa shape index (κ3) is 12.2. The van der Waals surface area contributed by atoms with E-state index in [2.05, 4.69) is 315 Å². The zero-order chi connectivity index (χ0) is 90.8. The minimum Gasteiger partial charge on any atom is -0.309 e. The fourth-order valence-corrected chi connectivity index (χ4v) is 30.1. The third-order valence-electron chi connectivity index (χ3n) is 27.9. The van der Waals surface area contributed by atoms with Crippen LogP contribution in [0, 0.1) is 0 Å². The van der Waals surface area contributed by atoms with Gasteiger partial charge in [-0.1, -0.05) is 340 Å². The first-order valence-corrected chi connectivity index (χ1v) is 51.0. The molecule has 8 aromatic heterocycles. The molecule has 642 valence electrons. The maximum absolute atomic E-state index is 16.6. The Morgan fingerprint density at radius 2 is 0.577 bits per heavy atom. The Kier molecular flexibility index (Phi) is 18.2. The molecule has 0 N–H and O–H groups in total. The summed E-state index contributed by atoms with van der Waals surface area (Å²) in [6.45, 7) is 0. The van der Waals surface area contributed by atoms with E-state index in [4.69, 9.17) is 24.9 Å². The largest absolute Gasteiger partial charge is 0.309 e. The van der Waals surface area contributed by atoms with E-state index in [0.29, 0.717) is 16.2 Å². The number of benzene rings is 21. The van der Waals surface area contributed by atoms with Crippen LogP contribution in [0.4, 0.5) is 0 Å². The Hall–Kier alpha value is -17.0. The lowest BCUT2D eigenvalue weighted by Crippen LogP contribution is -2.30. The molecule has 8 heterocycles. The van der Waals surface area contributed by atoms with Crippen LogP contribution in [-0.4, -0.2) is 43.1 Å². The van der Waals surface area contributed by atoms with E-state index in [0.717, 1.165) is 228 Å². The lowest BCUT2D eigenvalue weighted by molar-refractivity contribution is 0.591. The van der Waals surface area contributed by atoms with Gasteiger partial charge in [0, 0.05) is 104 Å². The number of para-hydroxylation sites is 10. The van der Waals surface area contributed by atoms with Crippen molar-refractivity contribution in [3.8, 4) is 0 Å². The van der Waals surface area contributed by atoms with E-state index >= 15 is 13.7 Å². The maximum Gasteiger partial charge on any atom is 0.207 e. The van der Waals surface area contributed by atoms with Gasteiger partial charge in [0.25, 0.3) is 0 Å². The minimum absolute atomic E-state index is 0.325. The average Bonchev–Trinajstić information content (AvgIpc) is 1.62. The van der Waals surface area contributed by atoms with Crippen molar-refractivity contribution in [2.45, 2.75) is 0 Å². The van der Waals surface area contributed by atoms with Crippen LogP contribution >= 0.6 is 21.4 Å². The first-order valence-electron chi connectivity index (χ1n) is 45.9. The molecule has 29 aromatic rings. The van der Waals surface area contributed by atoms with E-state index in [1.807, 2.05) is 146 Å². The lowest BCUT2D eigenvalue weighted by atomic mass is 9.99. The van der Waals surface area contributed by atoms with Gasteiger partial charge in [0.15, 0.2) is 19.8 Å². The van der Waals surface area contributed by atoms with E-state index in [-0.39, 0.29) is 0 Å². The smallest absolute Gasteiger partial charge is 0.207 e. The summed E-state index contributed by atoms with van der Waals surface area (Å²) in [5.41, 5.74) is 12.9. The molecule has 21 aromatic carbocycles. The number of fused-ring (bicyclic) bond motifs is 36. The summed E-state index contributed by atoms with van der Waals surface area (Å²) in [6.07, 6.45) is 5.26. The summed E-state index contributed by atoms with van der Waals surface area (Å²) in [5, 5.41) is 31.7. The predicted molar refractivity (Wildman–Crippen MR) is 575 cm³/mol. The molecule has 0 fully saturated rings. The van der Waals surface area contributed by atoms with Gasteiger partial charge in [-0.3, -0.25) is 18.2 Å². The Balaban J connectivity index is 0.000000104. The van der Waals surface area contributed by atoms with Gasteiger partial charge in [-0.15, -0.1) is 0 Å². The van der Waals surface area contributed by atoms with Crippen molar-refractivity contribution < 1.29 is 13.7 Å². The van der Waals surface area contributed by atoms with Gasteiger partial charge < -0.3 is 13.7 Å². The number of hydrogen-bond acceptors (Lipinski definition) is 9. The fraction of sp³-hybridized carbons (Fsp3) is 0. The van der Waals surface area contributed by atoms with Crippen LogP contribution in [0.1, 0.15) is 0 Å². The Bertz CT molecular complexity index is 10400. The normalized spacial score (nSPS) is 13.4. The van der Waals surface area contributed by atoms with Crippen molar-refractivity contribution in [2.24, 2.45) is 0 Å². The van der Waals surface area contributed by atoms with E-state index in [1.165, 1.54) is 5.39 Å². The highest BCUT2D eigenvalue weighted by atomic mass is 31.2. The topological polar surface area (TPSA) is 142 Å². The summed E-state index contributed by atoms with van der Waals surface area (Å²) >= 11 is 0. The molecule has 3 atom stereocenters. The van der Waals surface area contributed by atoms with Crippen molar-refractivity contribution in [1.82, 2.24) is 43.1 Å². The van der Waals surface area contributed by atoms with E-state index in [9.17, 15) is 0 Å². The second-order valence-corrected chi connectivity index (χ2v) is 43.4. The standard InChI is InChI=1S/C47H29N2OP.C38H24N3OP.C37H23N4OP/c50-51(34-24-22-30-10-1-2-12-33(30)28-34,35-25-23-32-21-20-31-11-3-4-13-36(31)41(32)29-35)45-19-9-15-39-38(45)26-27-40-37-14-5-7-17-43(37)49-44-18-8-6-16-42(44)48-47(49)46(39)40;42-43(27-19-21-39-22-20-27,28-18-17-25-9-1-2-10-26(25)23-28)36-24-32-29-11-5-7-15-34(29)41-35-16-8-6-14-33(35)40-38(41)37(32)31-13-4-3-12-30(31)36;42-43(26-14-2-1-3-15-26,37-38-23-25-13-5-8-18-29(25)40-37)33-22-24-12-4-6-16-27(24)35-34(33)28-17-7-10-20-31(28)41-32-21-11-9-19-30(32)39-36(35)41/h1-29H;1-24H;1-23H. The molecule has 0 bridgehead atoms. The Labute approximate surface area is 783 Å². The van der Waals surface area contributed by atoms with Gasteiger partial charge >= 0.3 is 0 Å². The Morgan fingerprint density at radius 3 is 1.18 bits per heavy atom. The Morgan fingerprint density at radius 1 is 0.190 bits per heavy atom. The maximum atomic E-state index is 16.6. The predicted octanol–water partition coefficient (Wildman–Crippen LogP) is 26.7. The monoisotopic (exact) mass is 1810 g/mol. The average molecular weight is 1810 g/mol. The van der Waals surface area contributed by atoms with Crippen molar-refractivity contribution in [1.29, 1.82) is 0 Å². The first kappa shape index (κ1) is 79.7. The second-order valence-electron chi connectivity index (χ2n) is 35.3. The van der Waals surface area contributed by atoms with Crippen LogP contribution in [-0.2, 0) is 13.7 Å². The first-order chi connectivity index (χ1) is 67.6. The molecule has 137 heavy (non-hydrogen) atoms. The van der Waals surface area contributed by atoms with Crippen LogP contribution in [0.2, 0.25) is 0 Å². The molecule has 0 saturated heterocycles. The number of rotatable bonds is 9. The number of pyridine rings is 4. The van der Waals surface area contributed by atoms with Gasteiger partial charge in [-0.25, -0.2) is 24.9 Å². The number of aromatic nitrogens is 9. The molecule has 0 spiro atoms. The van der Waals surface area contributed by atoms with Crippen LogP contribution in [0.15, 0.2) is 461 Å². The fourth-order valence-electron chi connectivity index (χ4n) is 21.7. The molecular weight excluding hydrogens is 1730 g/mol. The van der Waals surface area contributed by atoms with Crippen LogP contribution in [0.25, 0.3) is 201 Å². The molecule has 0 aliphatic heterocycles. The highest BCUT2D eigenvalue weighted by molar-refractivity contribution is 7.86. The zero-order valence-electron chi connectivity index (χ0n) is 73.5. The number of imidazole rings is 3. The van der Waals surface area contributed by atoms with Gasteiger partial charge in [-0.05, 0) is 189 Å². The third-order valence-corrected chi connectivity index (χ3v) is 36.9. The minimum atomic E-state index is -3.61. The van der Waals surface area contributed by atoms with E-state index in [1.54, 1.807) is 18.6 Å². The van der Waals surface area contributed by atoms with Gasteiger partial charge in [0.2, 0.25) is 7.14 Å². The van der Waals surface area contributed by atoms with Crippen molar-refractivity contribution in [2.75, 3.05) is 0 Å². The molecule has 0 radical (unpaired) electrons. The summed E-state index contributed by atoms with van der Waals surface area (Å²) in [6, 6.07) is 151. The molecule has 3 unspecified atom stereocenters. The molecule has 29 rings (SSSR count). The molecule has 0 saturated carbocycles. The van der Waals surface area contributed by atoms with Crippen molar-refractivity contribution in [3.63, 3.8) is 0 Å². The van der Waals surface area contributed by atoms with E-state index < -0.39 is 21.4 Å². The number of nitrogens with zero attached hydrogens (tertiary/aromatic N) is 9. The summed E-state index contributed by atoms with van der Waals surface area (Å²) in [7, 11) is -10.4. The van der Waals surface area contributed by atoms with Gasteiger partial charge in [0.1, 0.15) is 16.9 Å². The van der Waals surface area contributed by atoms with Gasteiger partial charge in [0.05, 0.1) is 55.2 Å². The quantitative estimate of drug-likeness (QED) is 0.102. The summed E-state index contributed by atoms with van der Waals surface area (Å²) < 4.78 is 55.5.